The van der Waals surface area contributed by atoms with Gasteiger partial charge in [-0.2, -0.15) is 0 Å². The number of carbonyl (C=O) groups is 1. The first-order valence-corrected chi connectivity index (χ1v) is 6.27. The van der Waals surface area contributed by atoms with Gasteiger partial charge in [0, 0.05) is 24.9 Å². The maximum absolute atomic E-state index is 11.4. The number of likely N-dealkylation sites (N-methyl/N-ethyl adjacent to an activating group) is 1. The molecule has 7 heteroatoms. The van der Waals surface area contributed by atoms with Crippen LogP contribution in [0.25, 0.3) is 0 Å². The first-order valence-electron chi connectivity index (χ1n) is 6.27. The third-order valence-corrected chi connectivity index (χ3v) is 2.55. The van der Waals surface area contributed by atoms with Crippen molar-refractivity contribution in [3.63, 3.8) is 0 Å². The predicted octanol–water partition coefficient (Wildman–Crippen LogP) is 1.99. The SMILES string of the molecule is CCOC(=O)CN(C)c1ccc([N+](=O)[O-])c(OCC)c1. The number of rotatable bonds is 7. The number of nitro benzene ring substituents is 1. The molecule has 1 rings (SSSR count). The van der Waals surface area contributed by atoms with Gasteiger partial charge in [0.15, 0.2) is 5.75 Å². The molecule has 0 aromatic heterocycles. The number of benzene rings is 1. The van der Waals surface area contributed by atoms with Crippen LogP contribution in [0.3, 0.4) is 0 Å². The highest BCUT2D eigenvalue weighted by Gasteiger charge is 2.17. The molecule has 0 radical (unpaired) electrons. The van der Waals surface area contributed by atoms with Crippen molar-refractivity contribution in [3.8, 4) is 5.75 Å². The smallest absolute Gasteiger partial charge is 0.325 e. The molecule has 0 N–H and O–H groups in total. The zero-order valence-electron chi connectivity index (χ0n) is 11.8. The third-order valence-electron chi connectivity index (χ3n) is 2.55. The molecule has 0 saturated carbocycles. The second kappa shape index (κ2) is 7.32. The summed E-state index contributed by atoms with van der Waals surface area (Å²) in [7, 11) is 1.70. The van der Waals surface area contributed by atoms with E-state index in [4.69, 9.17) is 9.47 Å². The summed E-state index contributed by atoms with van der Waals surface area (Å²) in [4.78, 5) is 23.4. The molecule has 0 spiro atoms. The van der Waals surface area contributed by atoms with E-state index in [1.807, 2.05) is 0 Å². The molecule has 0 fully saturated rings. The van der Waals surface area contributed by atoms with Gasteiger partial charge in [-0.3, -0.25) is 14.9 Å². The monoisotopic (exact) mass is 282 g/mol. The van der Waals surface area contributed by atoms with E-state index in [0.717, 1.165) is 0 Å². The minimum Gasteiger partial charge on any atom is -0.487 e. The second-order valence-corrected chi connectivity index (χ2v) is 4.00. The quantitative estimate of drug-likeness (QED) is 0.432. The lowest BCUT2D eigenvalue weighted by molar-refractivity contribution is -0.385. The Kier molecular flexibility index (Phi) is 5.76. The zero-order valence-corrected chi connectivity index (χ0v) is 11.8. The summed E-state index contributed by atoms with van der Waals surface area (Å²) in [5.74, 6) is -0.169. The molecule has 0 saturated heterocycles. The Hall–Kier alpha value is -2.31. The fraction of sp³-hybridized carbons (Fsp3) is 0.462. The number of nitrogens with zero attached hydrogens (tertiary/aromatic N) is 2. The Morgan fingerprint density at radius 2 is 2.05 bits per heavy atom. The zero-order chi connectivity index (χ0) is 15.1. The number of anilines is 1. The van der Waals surface area contributed by atoms with E-state index in [2.05, 4.69) is 0 Å². The van der Waals surface area contributed by atoms with E-state index in [0.29, 0.717) is 18.9 Å². The normalized spacial score (nSPS) is 9.95. The number of hydrogen-bond donors (Lipinski definition) is 0. The van der Waals surface area contributed by atoms with Crippen molar-refractivity contribution >= 4 is 17.3 Å². The van der Waals surface area contributed by atoms with Crippen LogP contribution < -0.4 is 9.64 Å². The van der Waals surface area contributed by atoms with Crippen LogP contribution in [0.15, 0.2) is 18.2 Å². The molecule has 0 unspecified atom stereocenters. The van der Waals surface area contributed by atoms with E-state index < -0.39 is 4.92 Å². The van der Waals surface area contributed by atoms with Crippen molar-refractivity contribution in [2.24, 2.45) is 0 Å². The lowest BCUT2D eigenvalue weighted by Gasteiger charge is -2.18. The lowest BCUT2D eigenvalue weighted by atomic mass is 10.2. The van der Waals surface area contributed by atoms with Crippen LogP contribution in [-0.4, -0.2) is 37.7 Å². The summed E-state index contributed by atoms with van der Waals surface area (Å²) in [6.45, 7) is 4.19. The second-order valence-electron chi connectivity index (χ2n) is 4.00. The molecule has 7 nitrogen and oxygen atoms in total. The number of hydrogen-bond acceptors (Lipinski definition) is 6. The van der Waals surface area contributed by atoms with E-state index in [1.165, 1.54) is 6.07 Å². The Balaban J connectivity index is 2.93. The Bertz CT molecular complexity index is 490. The maximum Gasteiger partial charge on any atom is 0.325 e. The summed E-state index contributed by atoms with van der Waals surface area (Å²) in [5.41, 5.74) is 0.548. The standard InChI is InChI=1S/C13H18N2O5/c1-4-19-12-8-10(6-7-11(12)15(17)18)14(3)9-13(16)20-5-2/h6-8H,4-5,9H2,1-3H3. The molecule has 0 atom stereocenters. The summed E-state index contributed by atoms with van der Waals surface area (Å²) in [6, 6.07) is 4.47. The van der Waals surface area contributed by atoms with Crippen LogP contribution in [-0.2, 0) is 9.53 Å². The van der Waals surface area contributed by atoms with E-state index in [9.17, 15) is 14.9 Å². The van der Waals surface area contributed by atoms with Gasteiger partial charge in [-0.05, 0) is 19.9 Å². The summed E-state index contributed by atoms with van der Waals surface area (Å²) >= 11 is 0. The van der Waals surface area contributed by atoms with Crippen molar-refractivity contribution in [3.05, 3.63) is 28.3 Å². The highest BCUT2D eigenvalue weighted by Crippen LogP contribution is 2.31. The molecule has 0 heterocycles. The summed E-state index contributed by atoms with van der Waals surface area (Å²) < 4.78 is 10.1. The van der Waals surface area contributed by atoms with Gasteiger partial charge in [0.2, 0.25) is 0 Å². The van der Waals surface area contributed by atoms with Crippen LogP contribution in [0, 0.1) is 10.1 Å². The molecular weight excluding hydrogens is 264 g/mol. The lowest BCUT2D eigenvalue weighted by Crippen LogP contribution is -2.27. The number of esters is 1. The Morgan fingerprint density at radius 3 is 2.60 bits per heavy atom. The van der Waals surface area contributed by atoms with Crippen LogP contribution in [0.1, 0.15) is 13.8 Å². The van der Waals surface area contributed by atoms with E-state index in [-0.39, 0.29) is 24.0 Å². The minimum absolute atomic E-state index is 0.0667. The molecule has 0 bridgehead atoms. The van der Waals surface area contributed by atoms with Crippen LogP contribution in [0.5, 0.6) is 5.75 Å². The average Bonchev–Trinajstić information content (AvgIpc) is 2.38. The fourth-order valence-electron chi connectivity index (χ4n) is 1.65. The van der Waals surface area contributed by atoms with Gasteiger partial charge in [0.1, 0.15) is 6.54 Å². The average molecular weight is 282 g/mol. The van der Waals surface area contributed by atoms with Gasteiger partial charge >= 0.3 is 11.7 Å². The molecule has 1 aromatic rings. The molecule has 0 amide bonds. The Labute approximate surface area is 117 Å². The van der Waals surface area contributed by atoms with Crippen molar-refractivity contribution < 1.29 is 19.2 Å². The van der Waals surface area contributed by atoms with Crippen LogP contribution >= 0.6 is 0 Å². The first kappa shape index (κ1) is 15.7. The highest BCUT2D eigenvalue weighted by atomic mass is 16.6. The number of carbonyl (C=O) groups excluding carboxylic acids is 1. The van der Waals surface area contributed by atoms with Gasteiger partial charge in [0.25, 0.3) is 0 Å². The van der Waals surface area contributed by atoms with Crippen molar-refractivity contribution in [2.45, 2.75) is 13.8 Å². The molecule has 1 aromatic carbocycles. The Morgan fingerprint density at radius 1 is 1.35 bits per heavy atom. The number of nitro groups is 1. The molecule has 110 valence electrons. The molecular formula is C13H18N2O5. The number of ether oxygens (including phenoxy) is 2. The van der Waals surface area contributed by atoms with Gasteiger partial charge in [0.05, 0.1) is 18.1 Å². The largest absolute Gasteiger partial charge is 0.487 e. The maximum atomic E-state index is 11.4. The van der Waals surface area contributed by atoms with Crippen molar-refractivity contribution in [1.29, 1.82) is 0 Å². The van der Waals surface area contributed by atoms with E-state index in [1.54, 1.807) is 37.9 Å². The highest BCUT2D eigenvalue weighted by molar-refractivity contribution is 5.76. The predicted molar refractivity (Wildman–Crippen MR) is 74.2 cm³/mol. The van der Waals surface area contributed by atoms with Gasteiger partial charge < -0.3 is 14.4 Å². The van der Waals surface area contributed by atoms with Gasteiger partial charge in [-0.1, -0.05) is 0 Å². The third kappa shape index (κ3) is 4.11. The topological polar surface area (TPSA) is 81.9 Å². The van der Waals surface area contributed by atoms with Crippen LogP contribution in [0.4, 0.5) is 11.4 Å². The summed E-state index contributed by atoms with van der Waals surface area (Å²) in [6.07, 6.45) is 0. The molecule has 0 aliphatic carbocycles. The fourth-order valence-corrected chi connectivity index (χ4v) is 1.65. The van der Waals surface area contributed by atoms with Gasteiger partial charge in [-0.15, -0.1) is 0 Å². The first-order chi connectivity index (χ1) is 9.49. The van der Waals surface area contributed by atoms with Gasteiger partial charge in [-0.25, -0.2) is 0 Å². The summed E-state index contributed by atoms with van der Waals surface area (Å²) in [5, 5.41) is 10.9. The molecule has 0 aliphatic heterocycles. The molecule has 0 aliphatic rings. The molecule has 20 heavy (non-hydrogen) atoms. The van der Waals surface area contributed by atoms with Crippen LogP contribution in [0.2, 0.25) is 0 Å². The van der Waals surface area contributed by atoms with Crippen molar-refractivity contribution in [2.75, 3.05) is 31.7 Å². The van der Waals surface area contributed by atoms with E-state index >= 15 is 0 Å². The van der Waals surface area contributed by atoms with Crippen molar-refractivity contribution in [1.82, 2.24) is 0 Å². The minimum atomic E-state index is -0.500.